The minimum absolute atomic E-state index is 0.00496. The fraction of sp³-hybridized carbons (Fsp3) is 0.618. The van der Waals surface area contributed by atoms with E-state index in [9.17, 15) is 29.2 Å². The lowest BCUT2D eigenvalue weighted by molar-refractivity contribution is -0.196. The van der Waals surface area contributed by atoms with Crippen molar-refractivity contribution in [3.05, 3.63) is 54.1 Å². The van der Waals surface area contributed by atoms with E-state index in [1.54, 1.807) is 49.4 Å². The standard InChI is InChI=1S/C34H43O11P/c1-5-41-31(39)20(2)44-46(40,45-23-9-7-6-8-10-23)19-29-42-28-16-25-24-12-11-21-15-22(36)13-14-32(21,3)30(24)26(37)17-33(25,4)34(28,43-29)27(38)18-35/h6-10,13-15,20,24-26,28-30,35,37H,5,11-12,16-19H2,1-4H3/t20?,24-,25-,26-,28+,29?,30+,32-,33-,34+,46?/m0/s1. The van der Waals surface area contributed by atoms with Gasteiger partial charge in [0.05, 0.1) is 18.8 Å². The minimum atomic E-state index is -4.17. The lowest BCUT2D eigenvalue weighted by Gasteiger charge is -2.59. The van der Waals surface area contributed by atoms with E-state index in [-0.39, 0.29) is 42.3 Å². The number of fused-ring (bicyclic) bond motifs is 7. The lowest BCUT2D eigenvalue weighted by Crippen LogP contribution is -2.63. The molecule has 0 radical (unpaired) electrons. The fourth-order valence-electron chi connectivity index (χ4n) is 9.31. The minimum Gasteiger partial charge on any atom is -0.464 e. The molecule has 5 aliphatic rings. The number of aliphatic hydroxyl groups excluding tert-OH is 2. The van der Waals surface area contributed by atoms with Crippen LogP contribution in [0, 0.1) is 28.6 Å². The molecule has 1 saturated heterocycles. The van der Waals surface area contributed by atoms with Crippen LogP contribution in [-0.2, 0) is 37.7 Å². The van der Waals surface area contributed by atoms with Crippen LogP contribution >= 0.6 is 7.60 Å². The van der Waals surface area contributed by atoms with Gasteiger partial charge in [0, 0.05) is 16.7 Å². The third-order valence-electron chi connectivity index (χ3n) is 11.1. The SMILES string of the molecule is CCOC(=O)C(C)OP(=O)(CC1O[C@@H]2C[C@H]3[C@@H]4CCC5=CC(=O)C=C[C@]5(C)[C@H]4[C@@H](O)C[C@]3(C)[C@]2(C(=O)CO)O1)Oc1ccccc1. The molecule has 46 heavy (non-hydrogen) atoms. The van der Waals surface area contributed by atoms with Gasteiger partial charge in [-0.25, -0.2) is 9.36 Å². The molecule has 0 spiro atoms. The summed E-state index contributed by atoms with van der Waals surface area (Å²) in [4.78, 5) is 38.4. The first-order valence-electron chi connectivity index (χ1n) is 16.1. The van der Waals surface area contributed by atoms with E-state index in [0.29, 0.717) is 12.8 Å². The Kier molecular flexibility index (Phi) is 8.74. The Bertz CT molecular complexity index is 1490. The van der Waals surface area contributed by atoms with Crippen LogP contribution < -0.4 is 4.52 Å². The summed E-state index contributed by atoms with van der Waals surface area (Å²) in [6, 6.07) is 8.36. The molecule has 1 aromatic carbocycles. The van der Waals surface area contributed by atoms with Crippen LogP contribution in [-0.4, -0.2) is 77.3 Å². The molecule has 3 unspecified atom stereocenters. The normalized spacial score (nSPS) is 39.6. The third kappa shape index (κ3) is 5.24. The second-order valence-electron chi connectivity index (χ2n) is 13.6. The molecule has 0 bridgehead atoms. The first-order chi connectivity index (χ1) is 21.8. The number of rotatable bonds is 10. The predicted molar refractivity (Wildman–Crippen MR) is 165 cm³/mol. The van der Waals surface area contributed by atoms with E-state index in [4.69, 9.17) is 23.3 Å². The average molecular weight is 659 g/mol. The summed E-state index contributed by atoms with van der Waals surface area (Å²) in [5.74, 6) is -1.37. The van der Waals surface area contributed by atoms with E-state index in [2.05, 4.69) is 6.92 Å². The molecular weight excluding hydrogens is 615 g/mol. The number of Topliss-reactive ketones (excluding diaryl/α,β-unsaturated/α-hetero) is 1. The number of carbonyl (C=O) groups excluding carboxylic acids is 3. The van der Waals surface area contributed by atoms with Crippen LogP contribution in [0.25, 0.3) is 0 Å². The number of ether oxygens (including phenoxy) is 3. The Morgan fingerprint density at radius 3 is 2.63 bits per heavy atom. The summed E-state index contributed by atoms with van der Waals surface area (Å²) < 4.78 is 43.9. The second-order valence-corrected chi connectivity index (χ2v) is 15.6. The summed E-state index contributed by atoms with van der Waals surface area (Å²) in [5, 5.41) is 22.1. The molecule has 1 aromatic rings. The maximum Gasteiger partial charge on any atom is 0.385 e. The zero-order valence-electron chi connectivity index (χ0n) is 26.6. The maximum absolute atomic E-state index is 14.3. The van der Waals surface area contributed by atoms with E-state index >= 15 is 0 Å². The van der Waals surface area contributed by atoms with Crippen molar-refractivity contribution in [2.24, 2.45) is 28.6 Å². The number of hydrogen-bond donors (Lipinski definition) is 2. The van der Waals surface area contributed by atoms with Crippen LogP contribution in [0.1, 0.15) is 53.4 Å². The number of para-hydroxylation sites is 1. The molecule has 250 valence electrons. The molecule has 1 aliphatic heterocycles. The van der Waals surface area contributed by atoms with E-state index < -0.39 is 73.2 Å². The van der Waals surface area contributed by atoms with E-state index in [1.807, 2.05) is 13.0 Å². The van der Waals surface area contributed by atoms with Crippen molar-refractivity contribution in [2.45, 2.75) is 83.6 Å². The largest absolute Gasteiger partial charge is 0.464 e. The summed E-state index contributed by atoms with van der Waals surface area (Å²) in [5.41, 5.74) is -2.03. The van der Waals surface area contributed by atoms with Gasteiger partial charge in [-0.2, -0.15) is 0 Å². The Labute approximate surface area is 268 Å². The number of hydrogen-bond acceptors (Lipinski definition) is 11. The van der Waals surface area contributed by atoms with Gasteiger partial charge in [0.25, 0.3) is 0 Å². The lowest BCUT2D eigenvalue weighted by atomic mass is 9.46. The van der Waals surface area contributed by atoms with Crippen LogP contribution in [0.2, 0.25) is 0 Å². The van der Waals surface area contributed by atoms with Gasteiger partial charge in [-0.15, -0.1) is 0 Å². The molecule has 6 rings (SSSR count). The monoisotopic (exact) mass is 658 g/mol. The molecule has 4 fully saturated rings. The quantitative estimate of drug-likeness (QED) is 0.275. The zero-order valence-corrected chi connectivity index (χ0v) is 27.5. The van der Waals surface area contributed by atoms with Gasteiger partial charge in [-0.05, 0) is 75.7 Å². The molecule has 11 nitrogen and oxygen atoms in total. The predicted octanol–water partition coefficient (Wildman–Crippen LogP) is 4.16. The highest BCUT2D eigenvalue weighted by atomic mass is 31.2. The van der Waals surface area contributed by atoms with E-state index in [0.717, 1.165) is 12.0 Å². The number of ketones is 2. The summed E-state index contributed by atoms with van der Waals surface area (Å²) >= 11 is 0. The molecule has 3 saturated carbocycles. The Morgan fingerprint density at radius 2 is 1.93 bits per heavy atom. The highest BCUT2D eigenvalue weighted by Crippen LogP contribution is 2.70. The molecule has 0 amide bonds. The van der Waals surface area contributed by atoms with Crippen molar-refractivity contribution in [2.75, 3.05) is 19.4 Å². The van der Waals surface area contributed by atoms with Gasteiger partial charge in [-0.3, -0.25) is 14.1 Å². The van der Waals surface area contributed by atoms with Crippen molar-refractivity contribution < 1.29 is 52.4 Å². The van der Waals surface area contributed by atoms with Gasteiger partial charge in [0.2, 0.25) is 0 Å². The fourth-order valence-corrected chi connectivity index (χ4v) is 11.1. The van der Waals surface area contributed by atoms with Crippen LogP contribution in [0.3, 0.4) is 0 Å². The van der Waals surface area contributed by atoms with Gasteiger partial charge in [0.1, 0.15) is 18.5 Å². The molecule has 11 atom stereocenters. The molecular formula is C34H43O11P. The van der Waals surface area contributed by atoms with E-state index in [1.165, 1.54) is 6.92 Å². The number of esters is 1. The van der Waals surface area contributed by atoms with Gasteiger partial charge in [-0.1, -0.05) is 43.7 Å². The number of benzene rings is 1. The Morgan fingerprint density at radius 1 is 1.20 bits per heavy atom. The molecule has 2 N–H and O–H groups in total. The topological polar surface area (TPSA) is 155 Å². The van der Waals surface area contributed by atoms with Crippen molar-refractivity contribution in [3.8, 4) is 5.75 Å². The summed E-state index contributed by atoms with van der Waals surface area (Å²) in [7, 11) is -4.17. The maximum atomic E-state index is 14.3. The van der Waals surface area contributed by atoms with Crippen molar-refractivity contribution in [3.63, 3.8) is 0 Å². The first kappa shape index (κ1) is 33.2. The first-order valence-corrected chi connectivity index (χ1v) is 17.8. The van der Waals surface area contributed by atoms with Gasteiger partial charge in [0.15, 0.2) is 29.6 Å². The Balaban J connectivity index is 1.30. The van der Waals surface area contributed by atoms with Crippen molar-refractivity contribution in [1.29, 1.82) is 0 Å². The highest BCUT2D eigenvalue weighted by Gasteiger charge is 2.76. The van der Waals surface area contributed by atoms with Crippen molar-refractivity contribution >= 4 is 25.1 Å². The Hall–Kier alpha value is -2.66. The van der Waals surface area contributed by atoms with Crippen LogP contribution in [0.15, 0.2) is 54.1 Å². The molecule has 1 heterocycles. The number of carbonyl (C=O) groups is 3. The summed E-state index contributed by atoms with van der Waals surface area (Å²) in [6.07, 6.45) is 2.70. The summed E-state index contributed by atoms with van der Waals surface area (Å²) in [6.45, 7) is 6.36. The zero-order chi connectivity index (χ0) is 33.1. The van der Waals surface area contributed by atoms with Crippen LogP contribution in [0.4, 0.5) is 0 Å². The average Bonchev–Trinajstić information content (AvgIpc) is 3.48. The van der Waals surface area contributed by atoms with Crippen LogP contribution in [0.5, 0.6) is 5.75 Å². The van der Waals surface area contributed by atoms with Gasteiger partial charge >= 0.3 is 13.6 Å². The third-order valence-corrected chi connectivity index (χ3v) is 13.0. The second kappa shape index (κ2) is 12.1. The van der Waals surface area contributed by atoms with Gasteiger partial charge < -0.3 is 28.9 Å². The highest BCUT2D eigenvalue weighted by molar-refractivity contribution is 7.54. The molecule has 4 aliphatic carbocycles. The molecule has 0 aromatic heterocycles. The number of aliphatic hydroxyl groups is 2. The smallest absolute Gasteiger partial charge is 0.385 e. The molecule has 12 heteroatoms. The number of allylic oxidation sites excluding steroid dienone is 4. The van der Waals surface area contributed by atoms with Crippen molar-refractivity contribution in [1.82, 2.24) is 0 Å².